The van der Waals surface area contributed by atoms with Crippen molar-refractivity contribution in [3.63, 3.8) is 0 Å². The Morgan fingerprint density at radius 1 is 1.19 bits per heavy atom. The molecule has 138 valence electrons. The topological polar surface area (TPSA) is 70.0 Å². The zero-order chi connectivity index (χ0) is 19.6. The molecule has 0 unspecified atom stereocenters. The summed E-state index contributed by atoms with van der Waals surface area (Å²) in [6, 6.07) is 14.2. The summed E-state index contributed by atoms with van der Waals surface area (Å²) in [5.41, 5.74) is 2.53. The van der Waals surface area contributed by atoms with Gasteiger partial charge in [0.05, 0.1) is 16.2 Å². The van der Waals surface area contributed by atoms with Crippen LogP contribution in [0.5, 0.6) is 0 Å². The van der Waals surface area contributed by atoms with E-state index in [2.05, 4.69) is 20.9 Å². The molecule has 27 heavy (non-hydrogen) atoms. The molecule has 1 aliphatic rings. The number of amides is 1. The first-order chi connectivity index (χ1) is 12.9. The number of hydrogen-bond donors (Lipinski definition) is 1. The van der Waals surface area contributed by atoms with Crippen LogP contribution in [0.2, 0.25) is 0 Å². The number of nitrogens with zero attached hydrogens (tertiary/aromatic N) is 2. The predicted octanol–water partition coefficient (Wildman–Crippen LogP) is 5.16. The smallest absolute Gasteiger partial charge is 0.335 e. The van der Waals surface area contributed by atoms with Crippen LogP contribution in [0.25, 0.3) is 5.57 Å². The van der Waals surface area contributed by atoms with Crippen LogP contribution in [0.3, 0.4) is 0 Å². The third kappa shape index (κ3) is 4.14. The van der Waals surface area contributed by atoms with E-state index in [9.17, 15) is 9.59 Å². The summed E-state index contributed by atoms with van der Waals surface area (Å²) in [4.78, 5) is 30.8. The number of thioether (sulfide) groups is 1. The molecule has 0 radical (unpaired) electrons. The Bertz CT molecular complexity index is 967. The van der Waals surface area contributed by atoms with Gasteiger partial charge in [-0.15, -0.1) is 0 Å². The number of likely N-dealkylation sites (N-methyl/N-ethyl adjacent to an activating group) is 1. The lowest BCUT2D eigenvalue weighted by Crippen LogP contribution is -2.28. The second kappa shape index (κ2) is 8.10. The molecule has 0 aliphatic carbocycles. The lowest BCUT2D eigenvalue weighted by atomic mass is 10.1. The molecule has 0 saturated carbocycles. The second-order valence-electron chi connectivity index (χ2n) is 5.86. The van der Waals surface area contributed by atoms with Crippen molar-refractivity contribution in [2.75, 3.05) is 6.54 Å². The van der Waals surface area contributed by atoms with E-state index in [1.54, 1.807) is 17.0 Å². The third-order valence-corrected chi connectivity index (χ3v) is 5.82. The van der Waals surface area contributed by atoms with Gasteiger partial charge in [0.15, 0.2) is 5.17 Å². The van der Waals surface area contributed by atoms with Crippen LogP contribution in [0, 0.1) is 0 Å². The molecule has 0 atom stereocenters. The Morgan fingerprint density at radius 3 is 2.52 bits per heavy atom. The molecular formula is C20H17BrN2O3S. The lowest BCUT2D eigenvalue weighted by molar-refractivity contribution is -0.122. The maximum Gasteiger partial charge on any atom is 0.335 e. The summed E-state index contributed by atoms with van der Waals surface area (Å²) in [5, 5.41) is 9.69. The zero-order valence-electron chi connectivity index (χ0n) is 14.8. The van der Waals surface area contributed by atoms with E-state index < -0.39 is 5.97 Å². The van der Waals surface area contributed by atoms with E-state index in [0.717, 1.165) is 15.6 Å². The molecule has 0 spiro atoms. The summed E-state index contributed by atoms with van der Waals surface area (Å²) in [6.07, 6.45) is 0. The largest absolute Gasteiger partial charge is 0.478 e. The first-order valence-corrected chi connectivity index (χ1v) is 9.90. The fraction of sp³-hybridized carbons (Fsp3) is 0.150. The monoisotopic (exact) mass is 444 g/mol. The summed E-state index contributed by atoms with van der Waals surface area (Å²) >= 11 is 4.73. The average molecular weight is 445 g/mol. The number of allylic oxidation sites excluding steroid dienone is 1. The Morgan fingerprint density at radius 2 is 1.89 bits per heavy atom. The molecule has 1 saturated heterocycles. The van der Waals surface area contributed by atoms with Crippen molar-refractivity contribution in [1.29, 1.82) is 0 Å². The number of rotatable bonds is 4. The minimum atomic E-state index is -1.01. The van der Waals surface area contributed by atoms with E-state index in [0.29, 0.717) is 22.3 Å². The molecule has 0 aromatic heterocycles. The highest BCUT2D eigenvalue weighted by atomic mass is 79.9. The highest BCUT2D eigenvalue weighted by molar-refractivity contribution is 9.10. The zero-order valence-corrected chi connectivity index (χ0v) is 17.2. The molecule has 1 fully saturated rings. The quantitative estimate of drug-likeness (QED) is 0.660. The molecular weight excluding hydrogens is 428 g/mol. The van der Waals surface area contributed by atoms with Crippen LogP contribution in [0.1, 0.15) is 29.8 Å². The van der Waals surface area contributed by atoms with Gasteiger partial charge >= 0.3 is 5.97 Å². The standard InChI is InChI=1S/C20H17BrN2O3S/c1-3-23-18(24)17(12(2)13-7-9-15(21)10-8-13)27-20(23)22-16-6-4-5-14(11-16)19(25)26/h4-11H,3H2,1-2H3,(H,25,26)/b17-12-,22-20?. The van der Waals surface area contributed by atoms with Crippen molar-refractivity contribution in [3.05, 3.63) is 69.0 Å². The van der Waals surface area contributed by atoms with Crippen molar-refractivity contribution < 1.29 is 14.7 Å². The second-order valence-corrected chi connectivity index (χ2v) is 7.76. The van der Waals surface area contributed by atoms with Gasteiger partial charge in [-0.3, -0.25) is 9.69 Å². The van der Waals surface area contributed by atoms with Gasteiger partial charge in [-0.1, -0.05) is 34.1 Å². The molecule has 2 aromatic rings. The van der Waals surface area contributed by atoms with E-state index in [-0.39, 0.29) is 11.5 Å². The summed E-state index contributed by atoms with van der Waals surface area (Å²) in [7, 11) is 0. The van der Waals surface area contributed by atoms with Crippen LogP contribution >= 0.6 is 27.7 Å². The number of aliphatic imine (C=N–C) groups is 1. The third-order valence-electron chi connectivity index (χ3n) is 4.12. The fourth-order valence-corrected chi connectivity index (χ4v) is 4.04. The predicted molar refractivity (Wildman–Crippen MR) is 112 cm³/mol. The molecule has 1 heterocycles. The first-order valence-electron chi connectivity index (χ1n) is 8.29. The van der Waals surface area contributed by atoms with Crippen molar-refractivity contribution >= 4 is 56.0 Å². The number of amidine groups is 1. The maximum atomic E-state index is 12.9. The number of benzene rings is 2. The average Bonchev–Trinajstić information content (AvgIpc) is 2.97. The van der Waals surface area contributed by atoms with Gasteiger partial charge in [-0.25, -0.2) is 9.79 Å². The van der Waals surface area contributed by atoms with E-state index in [4.69, 9.17) is 5.11 Å². The maximum absolute atomic E-state index is 12.9. The van der Waals surface area contributed by atoms with Crippen molar-refractivity contribution in [3.8, 4) is 0 Å². The van der Waals surface area contributed by atoms with Crippen LogP contribution in [-0.2, 0) is 4.79 Å². The van der Waals surface area contributed by atoms with Crippen molar-refractivity contribution in [1.82, 2.24) is 4.90 Å². The number of halogens is 1. The Hall–Kier alpha value is -2.38. The Balaban J connectivity index is 1.99. The molecule has 5 nitrogen and oxygen atoms in total. The van der Waals surface area contributed by atoms with Crippen LogP contribution < -0.4 is 0 Å². The molecule has 3 rings (SSSR count). The Labute approximate surface area is 169 Å². The lowest BCUT2D eigenvalue weighted by Gasteiger charge is -2.12. The number of carboxylic acids is 1. The summed E-state index contributed by atoms with van der Waals surface area (Å²) in [5.74, 6) is -1.10. The van der Waals surface area contributed by atoms with Gasteiger partial charge in [0, 0.05) is 11.0 Å². The molecule has 1 aliphatic heterocycles. The van der Waals surface area contributed by atoms with Crippen LogP contribution in [0.15, 0.2) is 62.9 Å². The van der Waals surface area contributed by atoms with E-state index in [1.807, 2.05) is 38.1 Å². The van der Waals surface area contributed by atoms with Gasteiger partial charge < -0.3 is 5.11 Å². The summed E-state index contributed by atoms with van der Waals surface area (Å²) in [6.45, 7) is 4.30. The van der Waals surface area contributed by atoms with Crippen molar-refractivity contribution in [2.45, 2.75) is 13.8 Å². The van der Waals surface area contributed by atoms with E-state index in [1.165, 1.54) is 23.9 Å². The fourth-order valence-electron chi connectivity index (χ4n) is 2.65. The van der Waals surface area contributed by atoms with Gasteiger partial charge in [-0.2, -0.15) is 0 Å². The number of carbonyl (C=O) groups is 2. The normalized spacial score (nSPS) is 17.5. The van der Waals surface area contributed by atoms with Crippen LogP contribution in [-0.4, -0.2) is 33.6 Å². The molecule has 2 aromatic carbocycles. The SMILES string of the molecule is CCN1C(=O)/C(=C(\C)c2ccc(Br)cc2)SC1=Nc1cccc(C(=O)O)c1. The minimum absolute atomic E-state index is 0.0870. The Kier molecular flexibility index (Phi) is 5.82. The first kappa shape index (κ1) is 19.4. The highest BCUT2D eigenvalue weighted by Gasteiger charge is 2.34. The molecule has 7 heteroatoms. The number of carboxylic acid groups (broad SMARTS) is 1. The van der Waals surface area contributed by atoms with Gasteiger partial charge in [0.1, 0.15) is 0 Å². The molecule has 1 N–H and O–H groups in total. The van der Waals surface area contributed by atoms with Gasteiger partial charge in [-0.05, 0) is 67.1 Å². The minimum Gasteiger partial charge on any atom is -0.478 e. The number of hydrogen-bond acceptors (Lipinski definition) is 4. The number of carbonyl (C=O) groups excluding carboxylic acids is 1. The van der Waals surface area contributed by atoms with E-state index >= 15 is 0 Å². The highest BCUT2D eigenvalue weighted by Crippen LogP contribution is 2.37. The van der Waals surface area contributed by atoms with Crippen LogP contribution in [0.4, 0.5) is 5.69 Å². The summed E-state index contributed by atoms with van der Waals surface area (Å²) < 4.78 is 0.977. The molecule has 1 amide bonds. The van der Waals surface area contributed by atoms with Gasteiger partial charge in [0.2, 0.25) is 0 Å². The van der Waals surface area contributed by atoms with Crippen molar-refractivity contribution in [2.24, 2.45) is 4.99 Å². The van der Waals surface area contributed by atoms with Gasteiger partial charge in [0.25, 0.3) is 5.91 Å². The molecule has 0 bridgehead atoms. The number of aromatic carboxylic acids is 1.